The summed E-state index contributed by atoms with van der Waals surface area (Å²) in [6.07, 6.45) is 2.11. The standard InChI is InChI=1S/C15H20N2O2/c1-3-6-17-12-5-4-10(8-13(12)19-15(17)18)14(16)11-7-9(11)2/h4-5,8-9,11,14H,3,6-7,16H2,1-2H3. The molecule has 0 amide bonds. The fourth-order valence-electron chi connectivity index (χ4n) is 2.82. The Morgan fingerprint density at radius 1 is 1.53 bits per heavy atom. The molecule has 3 atom stereocenters. The number of aromatic nitrogens is 1. The maximum atomic E-state index is 11.8. The highest BCUT2D eigenvalue weighted by molar-refractivity contribution is 5.74. The van der Waals surface area contributed by atoms with Crippen LogP contribution in [0.5, 0.6) is 0 Å². The number of aryl methyl sites for hydroxylation is 1. The minimum Gasteiger partial charge on any atom is -0.408 e. The van der Waals surface area contributed by atoms with E-state index in [1.54, 1.807) is 4.57 Å². The van der Waals surface area contributed by atoms with Crippen LogP contribution >= 0.6 is 0 Å². The minimum atomic E-state index is -0.276. The van der Waals surface area contributed by atoms with E-state index in [9.17, 15) is 4.79 Å². The van der Waals surface area contributed by atoms with E-state index in [0.29, 0.717) is 24.0 Å². The van der Waals surface area contributed by atoms with Crippen LogP contribution in [0.2, 0.25) is 0 Å². The smallest absolute Gasteiger partial charge is 0.408 e. The van der Waals surface area contributed by atoms with Gasteiger partial charge in [0, 0.05) is 12.6 Å². The number of oxazole rings is 1. The Morgan fingerprint density at radius 3 is 2.89 bits per heavy atom. The molecule has 3 rings (SSSR count). The molecule has 0 spiro atoms. The van der Waals surface area contributed by atoms with Crippen molar-refractivity contribution in [1.29, 1.82) is 0 Å². The van der Waals surface area contributed by atoms with Crippen molar-refractivity contribution in [3.8, 4) is 0 Å². The molecule has 4 nitrogen and oxygen atoms in total. The summed E-state index contributed by atoms with van der Waals surface area (Å²) in [5.41, 5.74) is 8.85. The van der Waals surface area contributed by atoms with Crippen LogP contribution in [0.4, 0.5) is 0 Å². The summed E-state index contributed by atoms with van der Waals surface area (Å²) < 4.78 is 7.01. The minimum absolute atomic E-state index is 0.0548. The highest BCUT2D eigenvalue weighted by Gasteiger charge is 2.38. The summed E-state index contributed by atoms with van der Waals surface area (Å²) in [6, 6.07) is 5.97. The molecule has 4 heteroatoms. The zero-order valence-corrected chi connectivity index (χ0v) is 11.4. The van der Waals surface area contributed by atoms with E-state index >= 15 is 0 Å². The molecule has 0 bridgehead atoms. The molecule has 1 saturated carbocycles. The van der Waals surface area contributed by atoms with Crippen molar-refractivity contribution in [3.05, 3.63) is 34.3 Å². The summed E-state index contributed by atoms with van der Waals surface area (Å²) in [7, 11) is 0. The fraction of sp³-hybridized carbons (Fsp3) is 0.533. The number of fused-ring (bicyclic) bond motifs is 1. The quantitative estimate of drug-likeness (QED) is 0.919. The summed E-state index contributed by atoms with van der Waals surface area (Å²) in [5.74, 6) is 1.01. The molecule has 1 heterocycles. The van der Waals surface area contributed by atoms with Crippen molar-refractivity contribution < 1.29 is 4.42 Å². The average Bonchev–Trinajstić information content (AvgIpc) is 3.04. The fourth-order valence-corrected chi connectivity index (χ4v) is 2.82. The number of rotatable bonds is 4. The largest absolute Gasteiger partial charge is 0.419 e. The van der Waals surface area contributed by atoms with Gasteiger partial charge in [0.25, 0.3) is 0 Å². The van der Waals surface area contributed by atoms with Crippen LogP contribution in [0.1, 0.15) is 38.3 Å². The van der Waals surface area contributed by atoms with Gasteiger partial charge in [-0.05, 0) is 42.4 Å². The molecule has 1 aliphatic carbocycles. The van der Waals surface area contributed by atoms with E-state index in [2.05, 4.69) is 6.92 Å². The lowest BCUT2D eigenvalue weighted by Gasteiger charge is -2.11. The van der Waals surface area contributed by atoms with E-state index < -0.39 is 0 Å². The van der Waals surface area contributed by atoms with Gasteiger partial charge in [-0.25, -0.2) is 4.79 Å². The first-order valence-electron chi connectivity index (χ1n) is 7.00. The Kier molecular flexibility index (Phi) is 2.97. The first kappa shape index (κ1) is 12.5. The van der Waals surface area contributed by atoms with Gasteiger partial charge in [-0.3, -0.25) is 4.57 Å². The van der Waals surface area contributed by atoms with E-state index in [4.69, 9.17) is 10.2 Å². The maximum absolute atomic E-state index is 11.8. The molecule has 1 fully saturated rings. The van der Waals surface area contributed by atoms with Crippen LogP contribution in [0.3, 0.4) is 0 Å². The second kappa shape index (κ2) is 4.53. The third kappa shape index (κ3) is 2.10. The molecule has 2 aromatic rings. The summed E-state index contributed by atoms with van der Waals surface area (Å²) in [5, 5.41) is 0. The van der Waals surface area contributed by atoms with Gasteiger partial charge in [-0.15, -0.1) is 0 Å². The molecule has 19 heavy (non-hydrogen) atoms. The van der Waals surface area contributed by atoms with E-state index in [-0.39, 0.29) is 11.8 Å². The monoisotopic (exact) mass is 260 g/mol. The first-order chi connectivity index (χ1) is 9.11. The molecular formula is C15H20N2O2. The molecule has 102 valence electrons. The van der Waals surface area contributed by atoms with Crippen LogP contribution in [-0.2, 0) is 6.54 Å². The van der Waals surface area contributed by atoms with E-state index in [0.717, 1.165) is 17.5 Å². The Labute approximate surface area is 112 Å². The van der Waals surface area contributed by atoms with Gasteiger partial charge in [0.1, 0.15) is 0 Å². The predicted octanol–water partition coefficient (Wildman–Crippen LogP) is 2.66. The lowest BCUT2D eigenvalue weighted by Crippen LogP contribution is -2.14. The lowest BCUT2D eigenvalue weighted by atomic mass is 10.0. The van der Waals surface area contributed by atoms with Crippen LogP contribution in [-0.4, -0.2) is 4.57 Å². The van der Waals surface area contributed by atoms with E-state index in [1.807, 2.05) is 25.1 Å². The summed E-state index contributed by atoms with van der Waals surface area (Å²) in [6.45, 7) is 4.96. The number of nitrogens with two attached hydrogens (primary N) is 1. The van der Waals surface area contributed by atoms with Gasteiger partial charge in [-0.2, -0.15) is 0 Å². The second-order valence-corrected chi connectivity index (χ2v) is 5.65. The highest BCUT2D eigenvalue weighted by Crippen LogP contribution is 2.45. The van der Waals surface area contributed by atoms with Crippen molar-refractivity contribution in [2.75, 3.05) is 0 Å². The molecule has 1 aromatic heterocycles. The van der Waals surface area contributed by atoms with Crippen molar-refractivity contribution in [2.24, 2.45) is 17.6 Å². The SMILES string of the molecule is CCCn1c(=O)oc2cc(C(N)C3CC3C)ccc21. The summed E-state index contributed by atoms with van der Waals surface area (Å²) in [4.78, 5) is 11.8. The second-order valence-electron chi connectivity index (χ2n) is 5.65. The Hall–Kier alpha value is -1.55. The molecule has 0 radical (unpaired) electrons. The first-order valence-corrected chi connectivity index (χ1v) is 7.00. The van der Waals surface area contributed by atoms with Crippen molar-refractivity contribution in [1.82, 2.24) is 4.57 Å². The van der Waals surface area contributed by atoms with Crippen molar-refractivity contribution in [3.63, 3.8) is 0 Å². The van der Waals surface area contributed by atoms with Crippen molar-refractivity contribution in [2.45, 2.75) is 39.3 Å². The predicted molar refractivity (Wildman–Crippen MR) is 75.0 cm³/mol. The molecule has 1 aliphatic rings. The van der Waals surface area contributed by atoms with Gasteiger partial charge < -0.3 is 10.2 Å². The molecule has 2 N–H and O–H groups in total. The molecular weight excluding hydrogens is 240 g/mol. The van der Waals surface area contributed by atoms with Gasteiger partial charge in [-0.1, -0.05) is 19.9 Å². The molecule has 0 saturated heterocycles. The van der Waals surface area contributed by atoms with Crippen LogP contribution in [0.15, 0.2) is 27.4 Å². The molecule has 3 unspecified atom stereocenters. The highest BCUT2D eigenvalue weighted by atomic mass is 16.4. The zero-order chi connectivity index (χ0) is 13.6. The summed E-state index contributed by atoms with van der Waals surface area (Å²) >= 11 is 0. The number of hydrogen-bond acceptors (Lipinski definition) is 3. The Bertz CT molecular complexity index is 656. The van der Waals surface area contributed by atoms with Crippen LogP contribution in [0.25, 0.3) is 11.1 Å². The van der Waals surface area contributed by atoms with Gasteiger partial charge in [0.15, 0.2) is 5.58 Å². The number of hydrogen-bond donors (Lipinski definition) is 1. The average molecular weight is 260 g/mol. The molecule has 1 aromatic carbocycles. The van der Waals surface area contributed by atoms with Gasteiger partial charge in [0.05, 0.1) is 5.52 Å². The Morgan fingerprint density at radius 2 is 2.26 bits per heavy atom. The molecule has 0 aliphatic heterocycles. The normalized spacial score (nSPS) is 23.7. The third-order valence-corrected chi connectivity index (χ3v) is 4.16. The number of benzene rings is 1. The van der Waals surface area contributed by atoms with Crippen molar-refractivity contribution >= 4 is 11.1 Å². The van der Waals surface area contributed by atoms with Crippen LogP contribution < -0.4 is 11.5 Å². The Balaban J connectivity index is 2.00. The zero-order valence-electron chi connectivity index (χ0n) is 11.4. The topological polar surface area (TPSA) is 61.2 Å². The van der Waals surface area contributed by atoms with Crippen LogP contribution in [0, 0.1) is 11.8 Å². The number of nitrogens with zero attached hydrogens (tertiary/aromatic N) is 1. The third-order valence-electron chi connectivity index (χ3n) is 4.16. The lowest BCUT2D eigenvalue weighted by molar-refractivity contribution is 0.502. The van der Waals surface area contributed by atoms with E-state index in [1.165, 1.54) is 6.42 Å². The van der Waals surface area contributed by atoms with Gasteiger partial charge in [0.2, 0.25) is 0 Å². The van der Waals surface area contributed by atoms with Gasteiger partial charge >= 0.3 is 5.76 Å². The maximum Gasteiger partial charge on any atom is 0.419 e.